The Morgan fingerprint density at radius 2 is 1.00 bits per heavy atom. The summed E-state index contributed by atoms with van der Waals surface area (Å²) in [5.74, 6) is -2.69. The van der Waals surface area contributed by atoms with Crippen molar-refractivity contribution in [2.75, 3.05) is 13.2 Å². The average Bonchev–Trinajstić information content (AvgIpc) is 3.05. The van der Waals surface area contributed by atoms with E-state index in [-0.39, 0.29) is 13.0 Å². The number of hydrogen-bond acceptors (Lipinski definition) is 8. The topological polar surface area (TPSA) is 145 Å². The summed E-state index contributed by atoms with van der Waals surface area (Å²) < 4.78 is 15.3. The summed E-state index contributed by atoms with van der Waals surface area (Å²) in [4.78, 5) is 59.6. The lowest BCUT2D eigenvalue weighted by molar-refractivity contribution is -0.139. The van der Waals surface area contributed by atoms with Gasteiger partial charge < -0.3 is 24.6 Å². The molecule has 1 atom stereocenters. The van der Waals surface area contributed by atoms with Crippen LogP contribution in [-0.2, 0) is 36.8 Å². The molecule has 0 bridgehead atoms. The van der Waals surface area contributed by atoms with Crippen molar-refractivity contribution >= 4 is 29.8 Å². The number of rotatable bonds is 12. The Bertz CT molecular complexity index is 1700. The van der Waals surface area contributed by atoms with E-state index in [9.17, 15) is 29.1 Å². The largest absolute Gasteiger partial charge is 0.480 e. The van der Waals surface area contributed by atoms with E-state index in [1.165, 1.54) is 0 Å². The number of ether oxygens (including phenoxy) is 3. The summed E-state index contributed by atoms with van der Waals surface area (Å²) in [6.07, 6.45) is -0.538. The van der Waals surface area contributed by atoms with E-state index in [0.717, 1.165) is 44.5 Å². The summed E-state index contributed by atoms with van der Waals surface area (Å²) in [7, 11) is 0. The molecule has 0 saturated carbocycles. The van der Waals surface area contributed by atoms with Crippen molar-refractivity contribution in [3.05, 3.63) is 141 Å². The summed E-state index contributed by atoms with van der Waals surface area (Å²) in [5, 5.41) is 11.6. The molecule has 10 nitrogen and oxygen atoms in total. The van der Waals surface area contributed by atoms with Gasteiger partial charge in [0.1, 0.15) is 12.6 Å². The minimum Gasteiger partial charge on any atom is -0.480 e. The number of hydrogen-bond donors (Lipinski definition) is 2. The average molecular weight is 682 g/mol. The highest BCUT2D eigenvalue weighted by molar-refractivity contribution is 5.96. The molecule has 0 aliphatic rings. The van der Waals surface area contributed by atoms with E-state index >= 15 is 0 Å². The predicted molar refractivity (Wildman–Crippen MR) is 188 cm³/mol. The fourth-order valence-electron chi connectivity index (χ4n) is 5.44. The molecule has 0 aliphatic carbocycles. The molecule has 4 rings (SSSR count). The maximum absolute atomic E-state index is 12.3. The monoisotopic (exact) mass is 681 g/mol. The summed E-state index contributed by atoms with van der Waals surface area (Å²) in [6, 6.07) is 24.8. The number of benzene rings is 4. The highest BCUT2D eigenvalue weighted by atomic mass is 16.6. The molecule has 262 valence electrons. The van der Waals surface area contributed by atoms with E-state index in [0.29, 0.717) is 11.1 Å². The third kappa shape index (κ3) is 12.0. The molecular weight excluding hydrogens is 638 g/mol. The van der Waals surface area contributed by atoms with Crippen LogP contribution < -0.4 is 5.32 Å². The minimum absolute atomic E-state index is 0.102. The Hall–Kier alpha value is -5.77. The summed E-state index contributed by atoms with van der Waals surface area (Å²) in [6.45, 7) is 10.4. The van der Waals surface area contributed by atoms with Crippen molar-refractivity contribution in [1.82, 2.24) is 5.32 Å². The van der Waals surface area contributed by atoms with Crippen molar-refractivity contribution in [1.29, 1.82) is 0 Å². The van der Waals surface area contributed by atoms with Crippen molar-refractivity contribution in [3.8, 4) is 0 Å². The number of carboxylic acid groups (broad SMARTS) is 1. The number of ketones is 1. The molecule has 10 heteroatoms. The lowest BCUT2D eigenvalue weighted by atomic mass is 10.00. The van der Waals surface area contributed by atoms with Crippen LogP contribution in [0.25, 0.3) is 0 Å². The van der Waals surface area contributed by atoms with E-state index in [1.807, 2.05) is 126 Å². The molecule has 0 heterocycles. The molecule has 50 heavy (non-hydrogen) atoms. The molecule has 0 aromatic heterocycles. The number of carboxylic acids is 1. The van der Waals surface area contributed by atoms with E-state index < -0.39 is 49.0 Å². The Labute approximate surface area is 292 Å². The zero-order valence-corrected chi connectivity index (χ0v) is 29.2. The first-order chi connectivity index (χ1) is 23.7. The Kier molecular flexibility index (Phi) is 14.5. The van der Waals surface area contributed by atoms with Crippen LogP contribution in [0.5, 0.6) is 0 Å². The molecule has 0 fully saturated rings. The molecule has 0 aliphatic heterocycles. The zero-order chi connectivity index (χ0) is 36.8. The van der Waals surface area contributed by atoms with Crippen LogP contribution in [0.2, 0.25) is 0 Å². The van der Waals surface area contributed by atoms with Gasteiger partial charge in [-0.05, 0) is 74.9 Å². The van der Waals surface area contributed by atoms with Crippen LogP contribution in [0.1, 0.15) is 65.2 Å². The van der Waals surface area contributed by atoms with Gasteiger partial charge in [-0.3, -0.25) is 4.79 Å². The fraction of sp³-hybridized carbons (Fsp3) is 0.275. The lowest BCUT2D eigenvalue weighted by Crippen LogP contribution is -2.42. The Morgan fingerprint density at radius 3 is 1.40 bits per heavy atom. The Balaban J connectivity index is 0.000000278. The molecule has 0 spiro atoms. The number of amides is 1. The van der Waals surface area contributed by atoms with Gasteiger partial charge in [0.05, 0.1) is 11.1 Å². The van der Waals surface area contributed by atoms with Crippen LogP contribution in [0, 0.1) is 41.5 Å². The van der Waals surface area contributed by atoms with Crippen molar-refractivity contribution < 1.29 is 43.3 Å². The number of alkyl carbamates (subject to hydrolysis) is 1. The Morgan fingerprint density at radius 1 is 0.600 bits per heavy atom. The fourth-order valence-corrected chi connectivity index (χ4v) is 5.44. The van der Waals surface area contributed by atoms with Crippen LogP contribution in [0.4, 0.5) is 4.79 Å². The van der Waals surface area contributed by atoms with Crippen LogP contribution >= 0.6 is 0 Å². The standard InChI is InChI=1S/C23H26O5.C17H17NO4/c1-13-7-15(3)20(16(4)8-13)22(25)27-11-19(24)12-28-23(26)21-17(5)9-14(2)10-18(21)6;19-16(20)15(11-13-7-3-1-4-8-13)18-17(21)22-12-14-9-5-2-6-10-14/h7-10H,11-12H2,1-6H3;1-10,15H,11-12H2,(H,18,21)(H,19,20)/t;15-/m.0/s1. The number of carbonyl (C=O) groups excluding carboxylic acids is 4. The van der Waals surface area contributed by atoms with Gasteiger partial charge in [-0.25, -0.2) is 19.2 Å². The minimum atomic E-state index is -1.10. The molecule has 0 saturated heterocycles. The highest BCUT2D eigenvalue weighted by Gasteiger charge is 2.21. The second-order valence-corrected chi connectivity index (χ2v) is 12.0. The van der Waals surface area contributed by atoms with Gasteiger partial charge >= 0.3 is 24.0 Å². The first kappa shape index (κ1) is 38.7. The smallest absolute Gasteiger partial charge is 0.408 e. The third-order valence-corrected chi connectivity index (χ3v) is 7.58. The van der Waals surface area contributed by atoms with Crippen molar-refractivity contribution in [2.45, 2.75) is 60.6 Å². The molecule has 4 aromatic carbocycles. The van der Waals surface area contributed by atoms with E-state index in [4.69, 9.17) is 14.2 Å². The molecule has 0 unspecified atom stereocenters. The van der Waals surface area contributed by atoms with Crippen LogP contribution in [0.15, 0.2) is 84.9 Å². The van der Waals surface area contributed by atoms with Gasteiger partial charge in [-0.2, -0.15) is 0 Å². The van der Waals surface area contributed by atoms with E-state index in [1.54, 1.807) is 0 Å². The van der Waals surface area contributed by atoms with Crippen molar-refractivity contribution in [2.24, 2.45) is 0 Å². The number of aryl methyl sites for hydroxylation is 6. The highest BCUT2D eigenvalue weighted by Crippen LogP contribution is 2.19. The quantitative estimate of drug-likeness (QED) is 0.123. The second-order valence-electron chi connectivity index (χ2n) is 12.0. The van der Waals surface area contributed by atoms with Crippen molar-refractivity contribution in [3.63, 3.8) is 0 Å². The number of esters is 2. The van der Waals surface area contributed by atoms with Gasteiger partial charge in [0, 0.05) is 6.42 Å². The first-order valence-corrected chi connectivity index (χ1v) is 16.0. The molecule has 1 amide bonds. The molecule has 2 N–H and O–H groups in total. The summed E-state index contributed by atoms with van der Waals surface area (Å²) >= 11 is 0. The second kappa shape index (κ2) is 18.7. The maximum Gasteiger partial charge on any atom is 0.408 e. The predicted octanol–water partition coefficient (Wildman–Crippen LogP) is 6.73. The zero-order valence-electron chi connectivity index (χ0n) is 29.2. The first-order valence-electron chi connectivity index (χ1n) is 16.0. The number of nitrogens with one attached hydrogen (secondary N) is 1. The number of aliphatic carboxylic acids is 1. The summed E-state index contributed by atoms with van der Waals surface area (Å²) in [5.41, 5.74) is 7.89. The van der Waals surface area contributed by atoms with Gasteiger partial charge in [0.15, 0.2) is 13.2 Å². The number of carbonyl (C=O) groups is 5. The van der Waals surface area contributed by atoms with Crippen LogP contribution in [-0.4, -0.2) is 54.1 Å². The van der Waals surface area contributed by atoms with E-state index in [2.05, 4.69) is 5.32 Å². The van der Waals surface area contributed by atoms with Gasteiger partial charge in [-0.15, -0.1) is 0 Å². The van der Waals surface area contributed by atoms with Gasteiger partial charge in [0.2, 0.25) is 5.78 Å². The molecule has 4 aromatic rings. The SMILES string of the molecule is Cc1cc(C)c(C(=O)OCC(=O)COC(=O)c2c(C)cc(C)cc2C)c(C)c1.O=C(N[C@@H](Cc1ccccc1)C(=O)O)OCc1ccccc1. The van der Waals surface area contributed by atoms with Gasteiger partial charge in [0.25, 0.3) is 0 Å². The van der Waals surface area contributed by atoms with Crippen LogP contribution in [0.3, 0.4) is 0 Å². The van der Waals surface area contributed by atoms with Gasteiger partial charge in [-0.1, -0.05) is 96.1 Å². The number of Topliss-reactive ketones (excluding diaryl/α,β-unsaturated/α-hetero) is 1. The molecular formula is C40H43NO9. The normalized spacial score (nSPS) is 10.9. The third-order valence-electron chi connectivity index (χ3n) is 7.58. The molecule has 0 radical (unpaired) electrons. The lowest BCUT2D eigenvalue weighted by Gasteiger charge is -2.14. The maximum atomic E-state index is 12.3.